The van der Waals surface area contributed by atoms with E-state index in [1.165, 1.54) is 90.4 Å². The largest absolute Gasteiger partial charge is 0.313 e. The van der Waals surface area contributed by atoms with Gasteiger partial charge in [-0.05, 0) is 68.6 Å². The molecule has 4 rings (SSSR count). The van der Waals surface area contributed by atoms with Gasteiger partial charge in [-0.15, -0.1) is 0 Å². The molecule has 4 aliphatic rings. The van der Waals surface area contributed by atoms with Gasteiger partial charge in [0.05, 0.1) is 0 Å². The minimum Gasteiger partial charge on any atom is -0.313 e. The van der Waals surface area contributed by atoms with E-state index >= 15 is 0 Å². The molecule has 1 N–H and O–H groups in total. The van der Waals surface area contributed by atoms with E-state index in [1.54, 1.807) is 0 Å². The van der Waals surface area contributed by atoms with Crippen LogP contribution in [0, 0.1) is 17.3 Å². The van der Waals surface area contributed by atoms with Crippen molar-refractivity contribution in [1.29, 1.82) is 0 Å². The number of hydrogen-bond acceptors (Lipinski definition) is 2. The molecule has 0 unspecified atom stereocenters. The highest BCUT2D eigenvalue weighted by Crippen LogP contribution is 2.41. The molecule has 4 aliphatic carbocycles. The molecule has 4 fully saturated rings. The summed E-state index contributed by atoms with van der Waals surface area (Å²) in [4.78, 5) is 2.88. The summed E-state index contributed by atoms with van der Waals surface area (Å²) < 4.78 is 0. The van der Waals surface area contributed by atoms with Crippen LogP contribution in [0.15, 0.2) is 0 Å². The van der Waals surface area contributed by atoms with E-state index in [1.807, 2.05) is 0 Å². The second-order valence-corrected chi connectivity index (χ2v) is 8.44. The predicted octanol–water partition coefficient (Wildman–Crippen LogP) is 3.42. The lowest BCUT2D eigenvalue weighted by molar-refractivity contribution is 0.138. The van der Waals surface area contributed by atoms with Crippen LogP contribution in [0.1, 0.15) is 64.2 Å². The monoisotopic (exact) mass is 276 g/mol. The zero-order valence-electron chi connectivity index (χ0n) is 13.1. The first-order valence-electron chi connectivity index (χ1n) is 9.27. The van der Waals surface area contributed by atoms with Crippen molar-refractivity contribution in [2.45, 2.75) is 70.3 Å². The third kappa shape index (κ3) is 3.76. The molecular formula is C18H32N2. The number of nitrogens with one attached hydrogen (secondary N) is 1. The van der Waals surface area contributed by atoms with E-state index in [0.29, 0.717) is 5.41 Å². The van der Waals surface area contributed by atoms with E-state index < -0.39 is 0 Å². The van der Waals surface area contributed by atoms with Crippen molar-refractivity contribution in [3.63, 3.8) is 0 Å². The Labute approximate surface area is 124 Å². The van der Waals surface area contributed by atoms with Gasteiger partial charge >= 0.3 is 0 Å². The van der Waals surface area contributed by atoms with Crippen molar-refractivity contribution in [1.82, 2.24) is 10.2 Å². The second-order valence-electron chi connectivity index (χ2n) is 8.44. The van der Waals surface area contributed by atoms with Crippen LogP contribution in [0.4, 0.5) is 0 Å². The number of hydrogen-bond donors (Lipinski definition) is 1. The first-order valence-corrected chi connectivity index (χ1v) is 9.27. The second kappa shape index (κ2) is 5.61. The van der Waals surface area contributed by atoms with Crippen LogP contribution in [-0.2, 0) is 0 Å². The fraction of sp³-hybridized carbons (Fsp3) is 1.00. The predicted molar refractivity (Wildman–Crippen MR) is 83.8 cm³/mol. The van der Waals surface area contributed by atoms with Crippen LogP contribution in [0.3, 0.4) is 0 Å². The molecule has 114 valence electrons. The van der Waals surface area contributed by atoms with Crippen molar-refractivity contribution in [2.24, 2.45) is 17.3 Å². The van der Waals surface area contributed by atoms with Gasteiger partial charge in [0, 0.05) is 32.2 Å². The molecule has 0 aromatic heterocycles. The van der Waals surface area contributed by atoms with Crippen molar-refractivity contribution in [3.8, 4) is 0 Å². The van der Waals surface area contributed by atoms with Gasteiger partial charge in [0.15, 0.2) is 0 Å². The average molecular weight is 276 g/mol. The highest BCUT2D eigenvalue weighted by atomic mass is 15.1. The fourth-order valence-corrected chi connectivity index (χ4v) is 4.17. The number of rotatable bonds is 9. The minimum atomic E-state index is 0.631. The average Bonchev–Trinajstić information content (AvgIpc) is 3.27. The first kappa shape index (κ1) is 13.6. The van der Waals surface area contributed by atoms with E-state index in [-0.39, 0.29) is 0 Å². The summed E-state index contributed by atoms with van der Waals surface area (Å²) in [5, 5.41) is 3.86. The number of nitrogens with zero attached hydrogens (tertiary/aromatic N) is 1. The van der Waals surface area contributed by atoms with Crippen molar-refractivity contribution >= 4 is 0 Å². The van der Waals surface area contributed by atoms with Crippen LogP contribution >= 0.6 is 0 Å². The molecule has 0 aromatic carbocycles. The topological polar surface area (TPSA) is 15.3 Å². The van der Waals surface area contributed by atoms with Gasteiger partial charge in [0.2, 0.25) is 0 Å². The molecule has 0 heterocycles. The molecule has 0 saturated heterocycles. The lowest BCUT2D eigenvalue weighted by atomic mass is 9.85. The Morgan fingerprint density at radius 3 is 1.95 bits per heavy atom. The summed E-state index contributed by atoms with van der Waals surface area (Å²) in [6.07, 6.45) is 14.8. The van der Waals surface area contributed by atoms with Gasteiger partial charge in [-0.25, -0.2) is 0 Å². The van der Waals surface area contributed by atoms with Gasteiger partial charge in [-0.2, -0.15) is 0 Å². The normalized spacial score (nSPS) is 29.2. The Kier molecular flexibility index (Phi) is 3.80. The maximum Gasteiger partial charge on any atom is 0.00684 e. The van der Waals surface area contributed by atoms with Crippen molar-refractivity contribution in [2.75, 3.05) is 26.2 Å². The van der Waals surface area contributed by atoms with Crippen LogP contribution in [0.5, 0.6) is 0 Å². The zero-order chi connectivity index (χ0) is 13.4. The SMILES string of the molecule is C1CCC(CNC2CC2)(CN(CC2CC2)CC2CC2)C1. The van der Waals surface area contributed by atoms with Gasteiger partial charge in [-0.1, -0.05) is 12.8 Å². The first-order chi connectivity index (χ1) is 9.81. The summed E-state index contributed by atoms with van der Waals surface area (Å²) in [5.41, 5.74) is 0.631. The van der Waals surface area contributed by atoms with Crippen molar-refractivity contribution < 1.29 is 0 Å². The smallest absolute Gasteiger partial charge is 0.00684 e. The highest BCUT2D eigenvalue weighted by molar-refractivity contribution is 4.94. The maximum atomic E-state index is 3.86. The van der Waals surface area contributed by atoms with E-state index in [4.69, 9.17) is 0 Å². The molecular weight excluding hydrogens is 244 g/mol. The van der Waals surface area contributed by atoms with E-state index in [0.717, 1.165) is 17.9 Å². The Balaban J connectivity index is 1.35. The fourth-order valence-electron chi connectivity index (χ4n) is 4.17. The molecule has 0 bridgehead atoms. The van der Waals surface area contributed by atoms with Gasteiger partial charge in [-0.3, -0.25) is 0 Å². The molecule has 0 amide bonds. The van der Waals surface area contributed by atoms with Crippen LogP contribution < -0.4 is 5.32 Å². The van der Waals surface area contributed by atoms with Crippen molar-refractivity contribution in [3.05, 3.63) is 0 Å². The molecule has 0 aliphatic heterocycles. The van der Waals surface area contributed by atoms with Gasteiger partial charge in [0.25, 0.3) is 0 Å². The molecule has 2 nitrogen and oxygen atoms in total. The molecule has 4 saturated carbocycles. The Morgan fingerprint density at radius 1 is 0.850 bits per heavy atom. The third-order valence-electron chi connectivity index (χ3n) is 5.99. The summed E-state index contributed by atoms with van der Waals surface area (Å²) in [6, 6.07) is 0.882. The third-order valence-corrected chi connectivity index (χ3v) is 5.99. The maximum absolute atomic E-state index is 3.86. The Morgan fingerprint density at radius 2 is 1.45 bits per heavy atom. The van der Waals surface area contributed by atoms with Gasteiger partial charge < -0.3 is 10.2 Å². The summed E-state index contributed by atoms with van der Waals surface area (Å²) in [7, 11) is 0. The van der Waals surface area contributed by atoms with Crippen LogP contribution in [0.25, 0.3) is 0 Å². The summed E-state index contributed by atoms with van der Waals surface area (Å²) in [6.45, 7) is 5.55. The standard InChI is InChI=1S/C18H32N2/c1-2-10-18(9-1,13-19-17-7-8-17)14-20(11-15-3-4-15)12-16-5-6-16/h15-17,19H,1-14H2. The minimum absolute atomic E-state index is 0.631. The van der Waals surface area contributed by atoms with Crippen LogP contribution in [-0.4, -0.2) is 37.1 Å². The summed E-state index contributed by atoms with van der Waals surface area (Å²) >= 11 is 0. The molecule has 20 heavy (non-hydrogen) atoms. The van der Waals surface area contributed by atoms with E-state index in [2.05, 4.69) is 10.2 Å². The molecule has 0 radical (unpaired) electrons. The lowest BCUT2D eigenvalue weighted by Crippen LogP contribution is -2.44. The van der Waals surface area contributed by atoms with Crippen LogP contribution in [0.2, 0.25) is 0 Å². The molecule has 0 aromatic rings. The Hall–Kier alpha value is -0.0800. The van der Waals surface area contributed by atoms with Gasteiger partial charge in [0.1, 0.15) is 0 Å². The molecule has 2 heteroatoms. The van der Waals surface area contributed by atoms with E-state index in [9.17, 15) is 0 Å². The summed E-state index contributed by atoms with van der Waals surface area (Å²) in [5.74, 6) is 2.12. The molecule has 0 atom stereocenters. The Bertz CT molecular complexity index is 308. The zero-order valence-corrected chi connectivity index (χ0v) is 13.1. The quantitative estimate of drug-likeness (QED) is 0.694. The molecule has 0 spiro atoms. The highest BCUT2D eigenvalue weighted by Gasteiger charge is 2.39. The lowest BCUT2D eigenvalue weighted by Gasteiger charge is -2.36.